The topological polar surface area (TPSA) is 39.1 Å². The van der Waals surface area contributed by atoms with Gasteiger partial charge in [0.2, 0.25) is 0 Å². The van der Waals surface area contributed by atoms with E-state index in [1.54, 1.807) is 24.0 Å². The highest BCUT2D eigenvalue weighted by Gasteiger charge is 2.11. The second-order valence-corrected chi connectivity index (χ2v) is 5.49. The minimum absolute atomic E-state index is 0.229. The number of aryl methyl sites for hydroxylation is 1. The van der Waals surface area contributed by atoms with Crippen LogP contribution in [0.3, 0.4) is 0 Å². The second kappa shape index (κ2) is 6.08. The largest absolute Gasteiger partial charge is 0.326 e. The van der Waals surface area contributed by atoms with Crippen molar-refractivity contribution in [1.29, 1.82) is 5.41 Å². The highest BCUT2D eigenvalue weighted by Crippen LogP contribution is 2.26. The maximum atomic E-state index is 13.3. The van der Waals surface area contributed by atoms with Crippen molar-refractivity contribution in [3.63, 3.8) is 0 Å². The summed E-state index contributed by atoms with van der Waals surface area (Å²) in [6, 6.07) is 18.8. The van der Waals surface area contributed by atoms with Crippen molar-refractivity contribution >= 4 is 28.1 Å². The van der Waals surface area contributed by atoms with Crippen molar-refractivity contribution in [2.24, 2.45) is 0 Å². The Morgan fingerprint density at radius 1 is 1.04 bits per heavy atom. The molecule has 0 spiro atoms. The Morgan fingerprint density at radius 3 is 2.57 bits per heavy atom. The number of nitrogens with zero attached hydrogens (tertiary/aromatic N) is 1. The first kappa shape index (κ1) is 15.0. The standard InChI is InChI=1S/C19H18FN3/c1-13-12-15(10-11-17(13)20)22-19(21)23(2)18-9-5-7-14-6-3-4-8-16(14)18/h3-12H,1-2H3,(H2,21,22). The molecule has 0 aliphatic carbocycles. The Hall–Kier alpha value is -2.88. The molecule has 0 bridgehead atoms. The van der Waals surface area contributed by atoms with Crippen molar-refractivity contribution in [3.05, 3.63) is 72.0 Å². The molecular formula is C19H18FN3. The summed E-state index contributed by atoms with van der Waals surface area (Å²) in [4.78, 5) is 1.78. The van der Waals surface area contributed by atoms with Gasteiger partial charge in [0, 0.05) is 18.1 Å². The number of guanidine groups is 1. The van der Waals surface area contributed by atoms with Crippen LogP contribution in [0.1, 0.15) is 5.56 Å². The van der Waals surface area contributed by atoms with Crippen molar-refractivity contribution in [2.45, 2.75) is 6.92 Å². The molecule has 0 heterocycles. The molecule has 0 fully saturated rings. The summed E-state index contributed by atoms with van der Waals surface area (Å²) in [6.07, 6.45) is 0. The van der Waals surface area contributed by atoms with E-state index < -0.39 is 0 Å². The third-order valence-corrected chi connectivity index (χ3v) is 3.88. The van der Waals surface area contributed by atoms with Crippen LogP contribution in [-0.4, -0.2) is 13.0 Å². The molecule has 0 amide bonds. The van der Waals surface area contributed by atoms with Crippen LogP contribution in [0.5, 0.6) is 0 Å². The molecule has 0 saturated carbocycles. The lowest BCUT2D eigenvalue weighted by atomic mass is 10.1. The average molecular weight is 307 g/mol. The fraction of sp³-hybridized carbons (Fsp3) is 0.105. The van der Waals surface area contributed by atoms with E-state index in [-0.39, 0.29) is 11.8 Å². The summed E-state index contributed by atoms with van der Waals surface area (Å²) < 4.78 is 13.3. The molecule has 4 heteroatoms. The summed E-state index contributed by atoms with van der Waals surface area (Å²) in [6.45, 7) is 1.71. The number of halogens is 1. The normalized spacial score (nSPS) is 10.6. The van der Waals surface area contributed by atoms with Crippen molar-refractivity contribution < 1.29 is 4.39 Å². The predicted octanol–water partition coefficient (Wildman–Crippen LogP) is 4.77. The van der Waals surface area contributed by atoms with Crippen LogP contribution >= 0.6 is 0 Å². The Morgan fingerprint density at radius 2 is 1.78 bits per heavy atom. The van der Waals surface area contributed by atoms with Gasteiger partial charge in [0.05, 0.1) is 5.69 Å². The lowest BCUT2D eigenvalue weighted by Gasteiger charge is -2.22. The van der Waals surface area contributed by atoms with Crippen LogP contribution in [0.4, 0.5) is 15.8 Å². The third-order valence-electron chi connectivity index (χ3n) is 3.88. The molecule has 0 aromatic heterocycles. The zero-order valence-corrected chi connectivity index (χ0v) is 13.1. The molecule has 2 N–H and O–H groups in total. The Labute approximate surface area is 134 Å². The zero-order valence-electron chi connectivity index (χ0n) is 13.1. The summed E-state index contributed by atoms with van der Waals surface area (Å²) in [5, 5.41) is 13.5. The van der Waals surface area contributed by atoms with Crippen molar-refractivity contribution in [1.82, 2.24) is 0 Å². The molecule has 0 saturated heterocycles. The first-order valence-electron chi connectivity index (χ1n) is 7.39. The van der Waals surface area contributed by atoms with E-state index >= 15 is 0 Å². The summed E-state index contributed by atoms with van der Waals surface area (Å²) in [5.74, 6) is -0.0168. The number of fused-ring (bicyclic) bond motifs is 1. The molecule has 0 aliphatic rings. The second-order valence-electron chi connectivity index (χ2n) is 5.49. The highest BCUT2D eigenvalue weighted by molar-refractivity contribution is 6.08. The smallest absolute Gasteiger partial charge is 0.199 e. The molecule has 0 unspecified atom stereocenters. The van der Waals surface area contributed by atoms with Gasteiger partial charge in [0.25, 0.3) is 0 Å². The van der Waals surface area contributed by atoms with E-state index in [0.29, 0.717) is 11.3 Å². The SMILES string of the molecule is Cc1cc(NC(=N)N(C)c2cccc3ccccc23)ccc1F. The summed E-state index contributed by atoms with van der Waals surface area (Å²) in [7, 11) is 1.84. The minimum atomic E-state index is -0.246. The molecule has 3 nitrogen and oxygen atoms in total. The first-order valence-corrected chi connectivity index (χ1v) is 7.39. The first-order chi connectivity index (χ1) is 11.1. The molecule has 3 aromatic carbocycles. The Balaban J connectivity index is 1.88. The quantitative estimate of drug-likeness (QED) is 0.529. The van der Waals surface area contributed by atoms with Gasteiger partial charge in [-0.2, -0.15) is 0 Å². The fourth-order valence-corrected chi connectivity index (χ4v) is 2.56. The highest BCUT2D eigenvalue weighted by atomic mass is 19.1. The molecular weight excluding hydrogens is 289 g/mol. The number of rotatable bonds is 2. The molecule has 3 aromatic rings. The maximum Gasteiger partial charge on any atom is 0.199 e. The van der Waals surface area contributed by atoms with Gasteiger partial charge in [-0.15, -0.1) is 0 Å². The van der Waals surface area contributed by atoms with Crippen LogP contribution in [0, 0.1) is 18.2 Å². The van der Waals surface area contributed by atoms with Crippen LogP contribution in [-0.2, 0) is 0 Å². The number of anilines is 2. The summed E-state index contributed by atoms with van der Waals surface area (Å²) in [5.41, 5.74) is 2.19. The van der Waals surface area contributed by atoms with Gasteiger partial charge < -0.3 is 10.2 Å². The molecule has 0 radical (unpaired) electrons. The number of nitrogens with one attached hydrogen (secondary N) is 2. The van der Waals surface area contributed by atoms with E-state index in [9.17, 15) is 4.39 Å². The average Bonchev–Trinajstić information content (AvgIpc) is 2.57. The van der Waals surface area contributed by atoms with Gasteiger partial charge >= 0.3 is 0 Å². The summed E-state index contributed by atoms with van der Waals surface area (Å²) >= 11 is 0. The number of benzene rings is 3. The molecule has 3 rings (SSSR count). The van der Waals surface area contributed by atoms with Gasteiger partial charge in [0.1, 0.15) is 5.82 Å². The minimum Gasteiger partial charge on any atom is -0.326 e. The number of hydrogen-bond donors (Lipinski definition) is 2. The van der Waals surface area contributed by atoms with Crippen molar-refractivity contribution in [2.75, 3.05) is 17.3 Å². The molecule has 0 atom stereocenters. The molecule has 23 heavy (non-hydrogen) atoms. The van der Waals surface area contributed by atoms with Gasteiger partial charge in [-0.05, 0) is 42.1 Å². The van der Waals surface area contributed by atoms with E-state index in [1.807, 2.05) is 49.5 Å². The van der Waals surface area contributed by atoms with E-state index in [0.717, 1.165) is 16.5 Å². The van der Waals surface area contributed by atoms with E-state index in [1.165, 1.54) is 6.07 Å². The maximum absolute atomic E-state index is 13.3. The monoisotopic (exact) mass is 307 g/mol. The lowest BCUT2D eigenvalue weighted by Crippen LogP contribution is -2.32. The van der Waals surface area contributed by atoms with Crippen molar-refractivity contribution in [3.8, 4) is 0 Å². The number of hydrogen-bond acceptors (Lipinski definition) is 1. The van der Waals surface area contributed by atoms with Gasteiger partial charge in [-0.3, -0.25) is 5.41 Å². The molecule has 116 valence electrons. The molecule has 0 aliphatic heterocycles. The van der Waals surface area contributed by atoms with Crippen LogP contribution in [0.25, 0.3) is 10.8 Å². The van der Waals surface area contributed by atoms with E-state index in [2.05, 4.69) is 5.32 Å². The third kappa shape index (κ3) is 3.01. The van der Waals surface area contributed by atoms with E-state index in [4.69, 9.17) is 5.41 Å². The fourth-order valence-electron chi connectivity index (χ4n) is 2.56. The Bertz CT molecular complexity index is 868. The zero-order chi connectivity index (χ0) is 16.4. The van der Waals surface area contributed by atoms with Gasteiger partial charge in [0.15, 0.2) is 5.96 Å². The predicted molar refractivity (Wildman–Crippen MR) is 94.8 cm³/mol. The Kier molecular flexibility index (Phi) is 3.98. The van der Waals surface area contributed by atoms with Crippen LogP contribution in [0.2, 0.25) is 0 Å². The van der Waals surface area contributed by atoms with Crippen LogP contribution in [0.15, 0.2) is 60.7 Å². The van der Waals surface area contributed by atoms with Crippen LogP contribution < -0.4 is 10.2 Å². The van der Waals surface area contributed by atoms with Gasteiger partial charge in [-0.1, -0.05) is 36.4 Å². The lowest BCUT2D eigenvalue weighted by molar-refractivity contribution is 0.619. The van der Waals surface area contributed by atoms with Gasteiger partial charge in [-0.25, -0.2) is 4.39 Å².